The van der Waals surface area contributed by atoms with Gasteiger partial charge in [-0.3, -0.25) is 0 Å². The van der Waals surface area contributed by atoms with Crippen LogP contribution in [0.15, 0.2) is 24.3 Å². The SMILES string of the molecule is CCSCc1cc2c(C(=O)O)cccc2s1. The number of hydrogen-bond acceptors (Lipinski definition) is 3. The van der Waals surface area contributed by atoms with Gasteiger partial charge in [0.15, 0.2) is 0 Å². The number of carbonyl (C=O) groups is 1. The maximum absolute atomic E-state index is 11.0. The van der Waals surface area contributed by atoms with Gasteiger partial charge in [0.1, 0.15) is 0 Å². The molecule has 0 radical (unpaired) electrons. The molecule has 0 bridgehead atoms. The Bertz CT molecular complexity index is 517. The van der Waals surface area contributed by atoms with Gasteiger partial charge in [-0.25, -0.2) is 4.79 Å². The summed E-state index contributed by atoms with van der Waals surface area (Å²) in [6.07, 6.45) is 0. The number of benzene rings is 1. The average molecular weight is 252 g/mol. The van der Waals surface area contributed by atoms with Crippen molar-refractivity contribution in [2.75, 3.05) is 5.75 Å². The fourth-order valence-electron chi connectivity index (χ4n) is 1.57. The van der Waals surface area contributed by atoms with Crippen molar-refractivity contribution in [3.63, 3.8) is 0 Å². The molecule has 0 fully saturated rings. The minimum atomic E-state index is -0.849. The van der Waals surface area contributed by atoms with Gasteiger partial charge in [0, 0.05) is 20.7 Å². The van der Waals surface area contributed by atoms with Crippen LogP contribution >= 0.6 is 23.1 Å². The Morgan fingerprint density at radius 3 is 3.00 bits per heavy atom. The topological polar surface area (TPSA) is 37.3 Å². The zero-order valence-electron chi connectivity index (χ0n) is 8.90. The molecule has 16 heavy (non-hydrogen) atoms. The van der Waals surface area contributed by atoms with Crippen LogP contribution in [0.25, 0.3) is 10.1 Å². The number of thioether (sulfide) groups is 1. The first kappa shape index (κ1) is 11.5. The van der Waals surface area contributed by atoms with Gasteiger partial charge in [0.05, 0.1) is 5.56 Å². The van der Waals surface area contributed by atoms with E-state index in [9.17, 15) is 4.79 Å². The number of fused-ring (bicyclic) bond motifs is 1. The van der Waals surface area contributed by atoms with E-state index < -0.39 is 5.97 Å². The maximum atomic E-state index is 11.0. The molecule has 0 amide bonds. The van der Waals surface area contributed by atoms with Gasteiger partial charge in [-0.2, -0.15) is 11.8 Å². The van der Waals surface area contributed by atoms with E-state index in [0.717, 1.165) is 21.6 Å². The van der Waals surface area contributed by atoms with Crippen LogP contribution in [0.1, 0.15) is 22.2 Å². The normalized spacial score (nSPS) is 10.8. The molecule has 0 atom stereocenters. The summed E-state index contributed by atoms with van der Waals surface area (Å²) in [4.78, 5) is 12.3. The summed E-state index contributed by atoms with van der Waals surface area (Å²) in [6.45, 7) is 2.13. The summed E-state index contributed by atoms with van der Waals surface area (Å²) >= 11 is 3.54. The van der Waals surface area contributed by atoms with Crippen LogP contribution in [0.2, 0.25) is 0 Å². The molecular formula is C12H12O2S2. The van der Waals surface area contributed by atoms with E-state index in [2.05, 4.69) is 6.92 Å². The first-order valence-electron chi connectivity index (χ1n) is 5.05. The number of carboxylic acids is 1. The summed E-state index contributed by atoms with van der Waals surface area (Å²) in [7, 11) is 0. The Morgan fingerprint density at radius 2 is 2.31 bits per heavy atom. The molecule has 2 nitrogen and oxygen atoms in total. The Balaban J connectivity index is 2.44. The lowest BCUT2D eigenvalue weighted by Crippen LogP contribution is -1.95. The fraction of sp³-hybridized carbons (Fsp3) is 0.250. The standard InChI is InChI=1S/C12H12O2S2/c1-2-15-7-8-6-10-9(12(13)14)4-3-5-11(10)16-8/h3-6H,2,7H2,1H3,(H,13,14). The van der Waals surface area contributed by atoms with Crippen LogP contribution in [0.4, 0.5) is 0 Å². The predicted molar refractivity (Wildman–Crippen MR) is 70.6 cm³/mol. The second-order valence-electron chi connectivity index (χ2n) is 3.37. The van der Waals surface area contributed by atoms with Crippen molar-refractivity contribution in [2.24, 2.45) is 0 Å². The molecule has 0 saturated carbocycles. The van der Waals surface area contributed by atoms with E-state index in [-0.39, 0.29) is 0 Å². The summed E-state index contributed by atoms with van der Waals surface area (Å²) < 4.78 is 1.06. The van der Waals surface area contributed by atoms with Gasteiger partial charge in [-0.05, 0) is 24.0 Å². The molecule has 1 N–H and O–H groups in total. The smallest absolute Gasteiger partial charge is 0.336 e. The van der Waals surface area contributed by atoms with Crippen LogP contribution in [0.5, 0.6) is 0 Å². The highest BCUT2D eigenvalue weighted by Crippen LogP contribution is 2.30. The van der Waals surface area contributed by atoms with E-state index in [0.29, 0.717) is 5.56 Å². The van der Waals surface area contributed by atoms with E-state index in [4.69, 9.17) is 5.11 Å². The van der Waals surface area contributed by atoms with Gasteiger partial charge >= 0.3 is 5.97 Å². The Labute approximate surface area is 102 Å². The lowest BCUT2D eigenvalue weighted by atomic mass is 10.1. The Hall–Kier alpha value is -1.000. The lowest BCUT2D eigenvalue weighted by Gasteiger charge is -1.94. The molecule has 2 rings (SSSR count). The molecule has 0 aliphatic heterocycles. The number of hydrogen-bond donors (Lipinski definition) is 1. The molecule has 2 aromatic rings. The van der Waals surface area contributed by atoms with Crippen molar-refractivity contribution in [3.8, 4) is 0 Å². The molecule has 1 aromatic carbocycles. The van der Waals surface area contributed by atoms with E-state index in [1.807, 2.05) is 23.9 Å². The molecule has 0 saturated heterocycles. The highest BCUT2D eigenvalue weighted by atomic mass is 32.2. The van der Waals surface area contributed by atoms with E-state index >= 15 is 0 Å². The van der Waals surface area contributed by atoms with Crippen molar-refractivity contribution >= 4 is 39.2 Å². The summed E-state index contributed by atoms with van der Waals surface area (Å²) in [5.74, 6) is 1.20. The Kier molecular flexibility index (Phi) is 3.51. The first-order chi connectivity index (χ1) is 7.72. The van der Waals surface area contributed by atoms with Crippen LogP contribution in [0.3, 0.4) is 0 Å². The monoisotopic (exact) mass is 252 g/mol. The minimum Gasteiger partial charge on any atom is -0.478 e. The minimum absolute atomic E-state index is 0.404. The molecule has 4 heteroatoms. The summed E-state index contributed by atoms with van der Waals surface area (Å²) in [6, 6.07) is 7.45. The van der Waals surface area contributed by atoms with Crippen LogP contribution in [0, 0.1) is 0 Å². The average Bonchev–Trinajstić information content (AvgIpc) is 2.68. The molecule has 1 aromatic heterocycles. The van der Waals surface area contributed by atoms with Crippen molar-refractivity contribution in [2.45, 2.75) is 12.7 Å². The highest BCUT2D eigenvalue weighted by molar-refractivity contribution is 7.98. The van der Waals surface area contributed by atoms with Crippen molar-refractivity contribution in [1.29, 1.82) is 0 Å². The van der Waals surface area contributed by atoms with Gasteiger partial charge in [0.25, 0.3) is 0 Å². The largest absolute Gasteiger partial charge is 0.478 e. The molecule has 0 aliphatic carbocycles. The van der Waals surface area contributed by atoms with Gasteiger partial charge in [-0.15, -0.1) is 11.3 Å². The summed E-state index contributed by atoms with van der Waals surface area (Å²) in [5.41, 5.74) is 0.404. The third-order valence-corrected chi connectivity index (χ3v) is 4.50. The van der Waals surface area contributed by atoms with Crippen molar-refractivity contribution in [3.05, 3.63) is 34.7 Å². The Morgan fingerprint density at radius 1 is 1.50 bits per heavy atom. The summed E-state index contributed by atoms with van der Waals surface area (Å²) in [5, 5.41) is 9.93. The quantitative estimate of drug-likeness (QED) is 0.898. The molecule has 1 heterocycles. The third kappa shape index (κ3) is 2.23. The van der Waals surface area contributed by atoms with E-state index in [1.54, 1.807) is 23.5 Å². The van der Waals surface area contributed by atoms with Gasteiger partial charge in [-0.1, -0.05) is 13.0 Å². The molecule has 0 unspecified atom stereocenters. The van der Waals surface area contributed by atoms with Crippen molar-refractivity contribution in [1.82, 2.24) is 0 Å². The third-order valence-electron chi connectivity index (χ3n) is 2.29. The number of aromatic carboxylic acids is 1. The van der Waals surface area contributed by atoms with Crippen molar-refractivity contribution < 1.29 is 9.90 Å². The lowest BCUT2D eigenvalue weighted by molar-refractivity contribution is 0.0699. The van der Waals surface area contributed by atoms with E-state index in [1.165, 1.54) is 4.88 Å². The first-order valence-corrected chi connectivity index (χ1v) is 7.02. The molecule has 0 spiro atoms. The number of carboxylic acid groups (broad SMARTS) is 1. The maximum Gasteiger partial charge on any atom is 0.336 e. The molecular weight excluding hydrogens is 240 g/mol. The zero-order chi connectivity index (χ0) is 11.5. The number of rotatable bonds is 4. The highest BCUT2D eigenvalue weighted by Gasteiger charge is 2.10. The number of thiophene rings is 1. The molecule has 0 aliphatic rings. The predicted octanol–water partition coefficient (Wildman–Crippen LogP) is 3.85. The van der Waals surface area contributed by atoms with Gasteiger partial charge in [0.2, 0.25) is 0 Å². The fourth-order valence-corrected chi connectivity index (χ4v) is 3.43. The van der Waals surface area contributed by atoms with Crippen LogP contribution < -0.4 is 0 Å². The second kappa shape index (κ2) is 4.89. The zero-order valence-corrected chi connectivity index (χ0v) is 10.5. The second-order valence-corrected chi connectivity index (χ2v) is 5.81. The molecule has 84 valence electrons. The van der Waals surface area contributed by atoms with Gasteiger partial charge < -0.3 is 5.11 Å². The van der Waals surface area contributed by atoms with Crippen LogP contribution in [-0.4, -0.2) is 16.8 Å². The van der Waals surface area contributed by atoms with Crippen LogP contribution in [-0.2, 0) is 5.75 Å².